The molecule has 1 spiro atoms. The fourth-order valence-electron chi connectivity index (χ4n) is 11.5. The number of aliphatic hydroxyl groups is 1. The zero-order valence-electron chi connectivity index (χ0n) is 47.4. The number of alkyl halides is 3. The third kappa shape index (κ3) is 14.9. The highest BCUT2D eigenvalue weighted by molar-refractivity contribution is 7.13. The lowest BCUT2D eigenvalue weighted by Gasteiger charge is -2.56. The second kappa shape index (κ2) is 25.7. The normalized spacial score (nSPS) is 19.0. The maximum Gasteiger partial charge on any atom is 0.490 e. The molecule has 3 amide bonds. The number of aryl methyl sites for hydroxylation is 3. The molecular formula is C59H77ClF4N10O6S. The summed E-state index contributed by atoms with van der Waals surface area (Å²) in [5, 5.41) is 28.1. The first-order valence-electron chi connectivity index (χ1n) is 28.1. The van der Waals surface area contributed by atoms with Crippen LogP contribution in [0.5, 0.6) is 0 Å². The van der Waals surface area contributed by atoms with Gasteiger partial charge in [-0.1, -0.05) is 94.5 Å². The first-order chi connectivity index (χ1) is 38.3. The second-order valence-corrected chi connectivity index (χ2v) is 25.0. The van der Waals surface area contributed by atoms with E-state index in [9.17, 15) is 37.1 Å². The predicted molar refractivity (Wildman–Crippen MR) is 308 cm³/mol. The number of thiazole rings is 1. The van der Waals surface area contributed by atoms with Crippen molar-refractivity contribution in [1.29, 1.82) is 0 Å². The number of halogens is 5. The Balaban J connectivity index is 0.00000115. The molecule has 2 aromatic heterocycles. The minimum Gasteiger partial charge on any atom is -0.475 e. The zero-order chi connectivity index (χ0) is 58.6. The van der Waals surface area contributed by atoms with Crippen LogP contribution in [0.3, 0.4) is 0 Å². The fourth-order valence-corrected chi connectivity index (χ4v) is 12.5. The van der Waals surface area contributed by atoms with E-state index in [1.165, 1.54) is 4.90 Å². The smallest absolute Gasteiger partial charge is 0.475 e. The van der Waals surface area contributed by atoms with Crippen LogP contribution >= 0.6 is 22.9 Å². The molecule has 6 heterocycles. The van der Waals surface area contributed by atoms with Crippen molar-refractivity contribution in [2.75, 3.05) is 75.2 Å². The number of anilines is 2. The maximum atomic E-state index is 14.7. The average molecular weight is 1170 g/mol. The Morgan fingerprint density at radius 1 is 0.889 bits per heavy atom. The number of hydrogen-bond donors (Lipinski definition) is 5. The van der Waals surface area contributed by atoms with Gasteiger partial charge in [0.05, 0.1) is 46.0 Å². The number of rotatable bonds is 19. The van der Waals surface area contributed by atoms with Gasteiger partial charge in [0.1, 0.15) is 23.4 Å². The van der Waals surface area contributed by atoms with Gasteiger partial charge >= 0.3 is 12.1 Å². The number of unbranched alkanes of at least 4 members (excludes halogenated alkanes) is 5. The number of nitrogens with one attached hydrogen (secondary N) is 3. The summed E-state index contributed by atoms with van der Waals surface area (Å²) >= 11 is 8.49. The summed E-state index contributed by atoms with van der Waals surface area (Å²) < 4.78 is 48.7. The lowest BCUT2D eigenvalue weighted by atomic mass is 9.75. The molecule has 0 aliphatic carbocycles. The number of carboxylic acids is 1. The van der Waals surface area contributed by atoms with E-state index in [0.717, 1.165) is 147 Å². The molecule has 0 bridgehead atoms. The van der Waals surface area contributed by atoms with Crippen molar-refractivity contribution in [3.63, 3.8) is 0 Å². The number of fused-ring (bicyclic) bond motifs is 1. The van der Waals surface area contributed by atoms with Gasteiger partial charge in [-0.3, -0.25) is 19.3 Å². The van der Waals surface area contributed by atoms with Gasteiger partial charge in [0.2, 0.25) is 23.7 Å². The van der Waals surface area contributed by atoms with Gasteiger partial charge in [-0.25, -0.2) is 19.2 Å². The molecule has 0 radical (unpaired) electrons. The summed E-state index contributed by atoms with van der Waals surface area (Å²) in [6, 6.07) is 14.0. The number of nitrogens with zero attached hydrogens (tertiary/aromatic N) is 7. The average Bonchev–Trinajstić information content (AvgIpc) is 3.61. The number of β-amino-alcohol motifs (C(OH)–C–C–N with tert-alkyl or cyclic N) is 1. The quantitative estimate of drug-likeness (QED) is 0.0390. The van der Waals surface area contributed by atoms with E-state index in [0.29, 0.717) is 34.5 Å². The maximum absolute atomic E-state index is 14.7. The molecule has 16 nitrogen and oxygen atoms in total. The van der Waals surface area contributed by atoms with Gasteiger partial charge in [0, 0.05) is 82.2 Å². The van der Waals surface area contributed by atoms with Crippen molar-refractivity contribution < 1.29 is 47.0 Å². The molecule has 0 unspecified atom stereocenters. The van der Waals surface area contributed by atoms with Gasteiger partial charge in [-0.15, -0.1) is 11.3 Å². The van der Waals surface area contributed by atoms with Crippen LogP contribution in [0.2, 0.25) is 5.02 Å². The third-order valence-electron chi connectivity index (χ3n) is 16.1. The summed E-state index contributed by atoms with van der Waals surface area (Å²) in [6.45, 7) is 22.7. The predicted octanol–water partition coefficient (Wildman–Crippen LogP) is 9.19. The molecule has 0 saturated carbocycles. The fraction of sp³-hybridized carbons (Fsp3) is 0.559. The number of imidazole rings is 1. The number of amides is 3. The van der Waals surface area contributed by atoms with Crippen LogP contribution in [0.1, 0.15) is 113 Å². The van der Waals surface area contributed by atoms with E-state index < -0.39 is 35.7 Å². The van der Waals surface area contributed by atoms with Crippen molar-refractivity contribution in [2.45, 2.75) is 137 Å². The topological polar surface area (TPSA) is 188 Å². The van der Waals surface area contributed by atoms with Crippen LogP contribution in [0.25, 0.3) is 21.5 Å². The van der Waals surface area contributed by atoms with Crippen LogP contribution in [-0.2, 0) is 25.7 Å². The van der Waals surface area contributed by atoms with E-state index in [1.54, 1.807) is 11.3 Å². The number of aliphatic hydroxyl groups excluding tert-OH is 1. The van der Waals surface area contributed by atoms with Crippen molar-refractivity contribution in [3.05, 3.63) is 92.8 Å². The molecular weight excluding hydrogens is 1090 g/mol. The van der Waals surface area contributed by atoms with E-state index >= 15 is 0 Å². The molecule has 3 aromatic carbocycles. The molecule has 9 rings (SSSR count). The van der Waals surface area contributed by atoms with Gasteiger partial charge in [-0.2, -0.15) is 13.2 Å². The minimum atomic E-state index is -5.08. The van der Waals surface area contributed by atoms with E-state index in [1.807, 2.05) is 96.4 Å². The van der Waals surface area contributed by atoms with Crippen LogP contribution in [0.15, 0.2) is 54.0 Å². The molecule has 4 saturated heterocycles. The molecule has 81 heavy (non-hydrogen) atoms. The number of aromatic nitrogens is 3. The highest BCUT2D eigenvalue weighted by atomic mass is 35.5. The van der Waals surface area contributed by atoms with Crippen molar-refractivity contribution in [2.24, 2.45) is 10.8 Å². The van der Waals surface area contributed by atoms with Crippen molar-refractivity contribution >= 4 is 69.3 Å². The summed E-state index contributed by atoms with van der Waals surface area (Å²) in [7, 11) is 0. The standard InChI is InChI=1S/C57H76ClFN10O4S.C2HF3O2/c1-36-24-40(25-37(2)49(36)59)29-69-46-27-43(58)26-45(50(46)64-55(69)67-33-57(34-67)31-60-32-57)66-22-20-65(21-23-66)19-13-11-9-8-10-12-14-48(71)63-52(56(5,6)7)54(73)68-30-44(70)28-47(68)53(72)62-38(3)41-15-17-42(18-16-41)51-39(4)61-35-74-51;3-2(4,5)1(6)7/h15-18,24-27,35,38,44,47,52,60,70H,8-14,19-23,28-34H2,1-7H3,(H,62,72)(H,63,71);(H,6,7)/t38-,44+,47-,52+;/m0./s1. The molecule has 4 fully saturated rings. The van der Waals surface area contributed by atoms with Gasteiger partial charge in [-0.05, 0) is 92.4 Å². The molecule has 4 aliphatic heterocycles. The van der Waals surface area contributed by atoms with Gasteiger partial charge in [0.15, 0.2) is 0 Å². The first kappa shape index (κ1) is 61.2. The van der Waals surface area contributed by atoms with E-state index in [-0.39, 0.29) is 42.5 Å². The Labute approximate surface area is 480 Å². The number of benzene rings is 3. The molecule has 4 atom stereocenters. The molecule has 5 aromatic rings. The van der Waals surface area contributed by atoms with Crippen LogP contribution in [0.4, 0.5) is 29.2 Å². The minimum absolute atomic E-state index is 0.0341. The van der Waals surface area contributed by atoms with Crippen LogP contribution < -0.4 is 25.8 Å². The SMILES string of the molecule is Cc1cc(Cn2c(N3CC4(CNC4)C3)nc3c(N4CCN(CCCCCCCCC(=O)N[C@H](C(=O)N5C[C@H](O)C[C@H]5C(=O)N[C@@H](C)c5ccc(-c6scnc6C)cc5)C(C)(C)C)CC4)cc(Cl)cc32)cc(C)c1F.O=C(O)C(F)(F)F. The van der Waals surface area contributed by atoms with E-state index in [4.69, 9.17) is 26.5 Å². The Bertz CT molecular complexity index is 3010. The first-order valence-corrected chi connectivity index (χ1v) is 29.3. The summed E-state index contributed by atoms with van der Waals surface area (Å²) in [5.41, 5.74) is 9.90. The molecule has 4 aliphatic rings. The lowest BCUT2D eigenvalue weighted by Crippen LogP contribution is -2.71. The lowest BCUT2D eigenvalue weighted by molar-refractivity contribution is -0.192. The highest BCUT2D eigenvalue weighted by Gasteiger charge is 2.49. The third-order valence-corrected chi connectivity index (χ3v) is 17.3. The molecule has 5 N–H and O–H groups in total. The summed E-state index contributed by atoms with van der Waals surface area (Å²) in [6.07, 6.45) is 0.563. The summed E-state index contributed by atoms with van der Waals surface area (Å²) in [4.78, 5) is 69.8. The van der Waals surface area contributed by atoms with Gasteiger partial charge < -0.3 is 45.4 Å². The van der Waals surface area contributed by atoms with Crippen LogP contribution in [0, 0.1) is 37.4 Å². The number of hydrogen-bond acceptors (Lipinski definition) is 12. The highest BCUT2D eigenvalue weighted by Crippen LogP contribution is 2.41. The number of carbonyl (C=O) groups excluding carboxylic acids is 3. The van der Waals surface area contributed by atoms with E-state index in [2.05, 4.69) is 46.3 Å². The Morgan fingerprint density at radius 2 is 1.52 bits per heavy atom. The number of carboxylic acid groups (broad SMARTS) is 1. The molecule has 440 valence electrons. The Morgan fingerprint density at radius 3 is 2.10 bits per heavy atom. The Hall–Kier alpha value is -5.87. The summed E-state index contributed by atoms with van der Waals surface area (Å²) in [5.74, 6) is -2.81. The van der Waals surface area contributed by atoms with Crippen LogP contribution in [-0.4, -0.2) is 148 Å². The van der Waals surface area contributed by atoms with Crippen molar-refractivity contribution in [3.8, 4) is 10.4 Å². The monoisotopic (exact) mass is 1160 g/mol. The molecule has 22 heteroatoms. The zero-order valence-corrected chi connectivity index (χ0v) is 49.0. The number of piperazine rings is 1. The Kier molecular flexibility index (Phi) is 19.4. The largest absolute Gasteiger partial charge is 0.490 e. The van der Waals surface area contributed by atoms with Crippen molar-refractivity contribution in [1.82, 2.24) is 40.3 Å². The second-order valence-electron chi connectivity index (χ2n) is 23.7. The number of likely N-dealkylation sites (tertiary alicyclic amines) is 1. The number of aliphatic carboxylic acids is 1. The van der Waals surface area contributed by atoms with Gasteiger partial charge in [0.25, 0.3) is 0 Å². The number of carbonyl (C=O) groups is 4.